The first-order valence-corrected chi connectivity index (χ1v) is 5.48. The summed E-state index contributed by atoms with van der Waals surface area (Å²) in [6, 6.07) is 4.28. The average molecular weight is 203 g/mol. The molecule has 80 valence electrons. The Morgan fingerprint density at radius 3 is 2.40 bits per heavy atom. The summed E-state index contributed by atoms with van der Waals surface area (Å²) in [5, 5.41) is 5.21. The first kappa shape index (κ1) is 10.2. The van der Waals surface area contributed by atoms with Gasteiger partial charge in [0.05, 0.1) is 0 Å². The van der Waals surface area contributed by atoms with Crippen LogP contribution in [0.5, 0.6) is 0 Å². The Labute approximate surface area is 90.3 Å². The van der Waals surface area contributed by atoms with E-state index in [-0.39, 0.29) is 0 Å². The highest BCUT2D eigenvalue weighted by Gasteiger charge is 2.15. The third kappa shape index (κ3) is 1.65. The van der Waals surface area contributed by atoms with Crippen LogP contribution in [0.1, 0.15) is 50.7 Å². The van der Waals surface area contributed by atoms with Crippen LogP contribution in [-0.4, -0.2) is 5.16 Å². The van der Waals surface area contributed by atoms with Crippen LogP contribution in [-0.2, 0) is 0 Å². The molecule has 0 aliphatic carbocycles. The zero-order valence-corrected chi connectivity index (χ0v) is 9.74. The zero-order chi connectivity index (χ0) is 11.0. The van der Waals surface area contributed by atoms with Crippen molar-refractivity contribution in [2.45, 2.75) is 39.5 Å². The van der Waals surface area contributed by atoms with Crippen molar-refractivity contribution in [2.75, 3.05) is 0 Å². The number of nitrogens with zero attached hydrogens (tertiary/aromatic N) is 1. The number of benzene rings is 1. The summed E-state index contributed by atoms with van der Waals surface area (Å²) in [7, 11) is 0. The molecule has 0 fully saturated rings. The maximum Gasteiger partial charge on any atom is 0.131 e. The standard InChI is InChI=1S/C13H17NO/c1-8(2)11-6-5-10-7-15-14-13(10)12(11)9(3)4/h5-9H,1-4H3. The first-order valence-electron chi connectivity index (χ1n) is 5.48. The van der Waals surface area contributed by atoms with Crippen molar-refractivity contribution < 1.29 is 4.52 Å². The van der Waals surface area contributed by atoms with Gasteiger partial charge in [-0.1, -0.05) is 38.9 Å². The van der Waals surface area contributed by atoms with Crippen LogP contribution >= 0.6 is 0 Å². The molecule has 0 aliphatic rings. The van der Waals surface area contributed by atoms with Crippen molar-refractivity contribution in [3.05, 3.63) is 29.5 Å². The predicted octanol–water partition coefficient (Wildman–Crippen LogP) is 4.07. The van der Waals surface area contributed by atoms with Crippen LogP contribution in [0, 0.1) is 0 Å². The van der Waals surface area contributed by atoms with Gasteiger partial charge in [0.25, 0.3) is 0 Å². The van der Waals surface area contributed by atoms with E-state index in [1.54, 1.807) is 6.26 Å². The van der Waals surface area contributed by atoms with Gasteiger partial charge in [-0.3, -0.25) is 0 Å². The van der Waals surface area contributed by atoms with Crippen molar-refractivity contribution in [2.24, 2.45) is 0 Å². The van der Waals surface area contributed by atoms with Crippen LogP contribution in [0.2, 0.25) is 0 Å². The molecule has 2 nitrogen and oxygen atoms in total. The topological polar surface area (TPSA) is 26.0 Å². The summed E-state index contributed by atoms with van der Waals surface area (Å²) in [6.45, 7) is 8.84. The highest BCUT2D eigenvalue weighted by Crippen LogP contribution is 2.32. The molecule has 1 aromatic heterocycles. The minimum absolute atomic E-state index is 0.483. The van der Waals surface area contributed by atoms with Gasteiger partial charge in [0.15, 0.2) is 0 Å². The Hall–Kier alpha value is -1.31. The second kappa shape index (κ2) is 3.69. The van der Waals surface area contributed by atoms with Crippen LogP contribution in [0.3, 0.4) is 0 Å². The monoisotopic (exact) mass is 203 g/mol. The van der Waals surface area contributed by atoms with Gasteiger partial charge in [-0.15, -0.1) is 0 Å². The molecule has 0 aliphatic heterocycles. The molecule has 2 aromatic rings. The van der Waals surface area contributed by atoms with Crippen LogP contribution in [0.4, 0.5) is 0 Å². The Kier molecular flexibility index (Phi) is 2.51. The van der Waals surface area contributed by atoms with Crippen molar-refractivity contribution in [3.8, 4) is 0 Å². The molecule has 0 unspecified atom stereocenters. The predicted molar refractivity (Wildman–Crippen MR) is 62.2 cm³/mol. The fraction of sp³-hybridized carbons (Fsp3) is 0.462. The van der Waals surface area contributed by atoms with E-state index < -0.39 is 0 Å². The summed E-state index contributed by atoms with van der Waals surface area (Å²) >= 11 is 0. The molecule has 0 saturated heterocycles. The molecule has 0 saturated carbocycles. The number of hydrogen-bond donors (Lipinski definition) is 0. The van der Waals surface area contributed by atoms with Crippen molar-refractivity contribution >= 4 is 10.9 Å². The molecule has 2 rings (SSSR count). The lowest BCUT2D eigenvalue weighted by Gasteiger charge is -2.15. The minimum atomic E-state index is 0.483. The molecule has 0 amide bonds. The molecule has 1 heterocycles. The highest BCUT2D eigenvalue weighted by atomic mass is 16.5. The van der Waals surface area contributed by atoms with Gasteiger partial charge in [0, 0.05) is 5.39 Å². The fourth-order valence-electron chi connectivity index (χ4n) is 2.08. The third-order valence-corrected chi connectivity index (χ3v) is 2.81. The molecule has 0 N–H and O–H groups in total. The van der Waals surface area contributed by atoms with Crippen molar-refractivity contribution in [1.29, 1.82) is 0 Å². The van der Waals surface area contributed by atoms with E-state index in [1.165, 1.54) is 11.1 Å². The first-order chi connectivity index (χ1) is 7.11. The molecule has 1 aromatic carbocycles. The van der Waals surface area contributed by atoms with E-state index in [1.807, 2.05) is 0 Å². The number of aromatic nitrogens is 1. The van der Waals surface area contributed by atoms with Gasteiger partial charge >= 0.3 is 0 Å². The number of rotatable bonds is 2. The molecule has 2 heteroatoms. The quantitative estimate of drug-likeness (QED) is 0.735. The van der Waals surface area contributed by atoms with E-state index in [0.29, 0.717) is 11.8 Å². The normalized spacial score (nSPS) is 11.9. The van der Waals surface area contributed by atoms with E-state index in [0.717, 1.165) is 10.9 Å². The van der Waals surface area contributed by atoms with Crippen LogP contribution in [0.15, 0.2) is 22.9 Å². The van der Waals surface area contributed by atoms with E-state index in [9.17, 15) is 0 Å². The van der Waals surface area contributed by atoms with Crippen LogP contribution < -0.4 is 0 Å². The maximum absolute atomic E-state index is 5.04. The molecular weight excluding hydrogens is 186 g/mol. The Morgan fingerprint density at radius 1 is 1.07 bits per heavy atom. The molecule has 0 bridgehead atoms. The van der Waals surface area contributed by atoms with E-state index >= 15 is 0 Å². The molecule has 0 atom stereocenters. The second-order valence-corrected chi connectivity index (χ2v) is 4.63. The van der Waals surface area contributed by atoms with E-state index in [2.05, 4.69) is 45.0 Å². The SMILES string of the molecule is CC(C)c1ccc2conc2c1C(C)C. The lowest BCUT2D eigenvalue weighted by atomic mass is 9.89. The van der Waals surface area contributed by atoms with Crippen molar-refractivity contribution in [1.82, 2.24) is 5.16 Å². The average Bonchev–Trinajstić information content (AvgIpc) is 2.62. The summed E-state index contributed by atoms with van der Waals surface area (Å²) in [5.74, 6) is 1.01. The Balaban J connectivity index is 2.75. The maximum atomic E-state index is 5.04. The number of hydrogen-bond acceptors (Lipinski definition) is 2. The van der Waals surface area contributed by atoms with Gasteiger partial charge in [-0.2, -0.15) is 0 Å². The summed E-state index contributed by atoms with van der Waals surface area (Å²) in [5.41, 5.74) is 3.74. The molecular formula is C13H17NO. The Bertz CT molecular complexity index is 468. The third-order valence-electron chi connectivity index (χ3n) is 2.81. The number of fused-ring (bicyclic) bond motifs is 1. The van der Waals surface area contributed by atoms with Crippen molar-refractivity contribution in [3.63, 3.8) is 0 Å². The Morgan fingerprint density at radius 2 is 1.80 bits per heavy atom. The van der Waals surface area contributed by atoms with Gasteiger partial charge in [-0.25, -0.2) is 0 Å². The lowest BCUT2D eigenvalue weighted by molar-refractivity contribution is 0.427. The lowest BCUT2D eigenvalue weighted by Crippen LogP contribution is -1.99. The second-order valence-electron chi connectivity index (χ2n) is 4.63. The molecule has 15 heavy (non-hydrogen) atoms. The summed E-state index contributed by atoms with van der Waals surface area (Å²) < 4.78 is 5.04. The van der Waals surface area contributed by atoms with Crippen LogP contribution in [0.25, 0.3) is 10.9 Å². The molecule has 0 radical (unpaired) electrons. The van der Waals surface area contributed by atoms with Gasteiger partial charge < -0.3 is 4.52 Å². The van der Waals surface area contributed by atoms with Gasteiger partial charge in [0.2, 0.25) is 0 Å². The summed E-state index contributed by atoms with van der Waals surface area (Å²) in [6.07, 6.45) is 1.71. The zero-order valence-electron chi connectivity index (χ0n) is 9.74. The van der Waals surface area contributed by atoms with Gasteiger partial charge in [0.1, 0.15) is 11.8 Å². The summed E-state index contributed by atoms with van der Waals surface area (Å²) in [4.78, 5) is 0. The minimum Gasteiger partial charge on any atom is -0.363 e. The smallest absolute Gasteiger partial charge is 0.131 e. The van der Waals surface area contributed by atoms with E-state index in [4.69, 9.17) is 4.52 Å². The highest BCUT2D eigenvalue weighted by molar-refractivity contribution is 5.82. The van der Waals surface area contributed by atoms with Gasteiger partial charge in [-0.05, 0) is 29.0 Å². The molecule has 0 spiro atoms. The fourth-order valence-corrected chi connectivity index (χ4v) is 2.08. The largest absolute Gasteiger partial charge is 0.363 e.